The van der Waals surface area contributed by atoms with Crippen LogP contribution >= 0.6 is 11.6 Å². The number of nitrogens with one attached hydrogen (secondary N) is 2. The van der Waals surface area contributed by atoms with Crippen LogP contribution in [0.1, 0.15) is 44.0 Å². The Labute approximate surface area is 146 Å². The summed E-state index contributed by atoms with van der Waals surface area (Å²) in [6, 6.07) is 4.75. The summed E-state index contributed by atoms with van der Waals surface area (Å²) in [6.45, 7) is 6.08. The Morgan fingerprint density at radius 2 is 2.00 bits per heavy atom. The third-order valence-corrected chi connectivity index (χ3v) is 3.82. The van der Waals surface area contributed by atoms with Gasteiger partial charge in [0.1, 0.15) is 0 Å². The first-order chi connectivity index (χ1) is 11.2. The molecule has 0 saturated carbocycles. The molecule has 0 unspecified atom stereocenters. The predicted octanol–water partition coefficient (Wildman–Crippen LogP) is 2.11. The molecule has 3 amide bonds. The van der Waals surface area contributed by atoms with Gasteiger partial charge in [-0.2, -0.15) is 0 Å². The van der Waals surface area contributed by atoms with E-state index in [0.717, 1.165) is 6.42 Å². The SMILES string of the molecule is CC(C)(C)NC(=O)CNC(=O)c1ccc(Cl)c(N2CCCC2=O)c1. The molecule has 130 valence electrons. The van der Waals surface area contributed by atoms with E-state index in [9.17, 15) is 14.4 Å². The Balaban J connectivity index is 2.05. The van der Waals surface area contributed by atoms with Gasteiger partial charge < -0.3 is 15.5 Å². The molecule has 1 saturated heterocycles. The van der Waals surface area contributed by atoms with E-state index in [1.165, 1.54) is 0 Å². The first-order valence-corrected chi connectivity index (χ1v) is 8.24. The topological polar surface area (TPSA) is 78.5 Å². The third-order valence-electron chi connectivity index (χ3n) is 3.50. The van der Waals surface area contributed by atoms with Gasteiger partial charge in [-0.25, -0.2) is 0 Å². The molecule has 24 heavy (non-hydrogen) atoms. The molecule has 6 nitrogen and oxygen atoms in total. The molecule has 0 aromatic heterocycles. The Hall–Kier alpha value is -2.08. The minimum Gasteiger partial charge on any atom is -0.350 e. The summed E-state index contributed by atoms with van der Waals surface area (Å²) in [7, 11) is 0. The van der Waals surface area contributed by atoms with Crippen LogP contribution in [0.15, 0.2) is 18.2 Å². The molecule has 0 bridgehead atoms. The molecule has 1 aliphatic rings. The summed E-state index contributed by atoms with van der Waals surface area (Å²) >= 11 is 6.16. The first kappa shape index (κ1) is 18.3. The van der Waals surface area contributed by atoms with Gasteiger partial charge in [0, 0.05) is 24.1 Å². The molecular weight excluding hydrogens is 330 g/mol. The van der Waals surface area contributed by atoms with E-state index in [0.29, 0.717) is 29.2 Å². The Morgan fingerprint density at radius 3 is 2.58 bits per heavy atom. The van der Waals surface area contributed by atoms with Crippen LogP contribution in [0.2, 0.25) is 5.02 Å². The van der Waals surface area contributed by atoms with E-state index in [-0.39, 0.29) is 29.8 Å². The number of nitrogens with zero attached hydrogens (tertiary/aromatic N) is 1. The van der Waals surface area contributed by atoms with Crippen molar-refractivity contribution in [3.05, 3.63) is 28.8 Å². The lowest BCUT2D eigenvalue weighted by Gasteiger charge is -2.21. The van der Waals surface area contributed by atoms with E-state index in [1.807, 2.05) is 20.8 Å². The number of hydrogen-bond donors (Lipinski definition) is 2. The van der Waals surface area contributed by atoms with Crippen LogP contribution in [0, 0.1) is 0 Å². The zero-order valence-corrected chi connectivity index (χ0v) is 14.9. The van der Waals surface area contributed by atoms with Gasteiger partial charge in [-0.3, -0.25) is 14.4 Å². The van der Waals surface area contributed by atoms with Crippen LogP contribution in [-0.2, 0) is 9.59 Å². The molecule has 1 aromatic carbocycles. The molecule has 1 heterocycles. The third kappa shape index (κ3) is 4.71. The number of halogens is 1. The maximum absolute atomic E-state index is 12.2. The molecular formula is C17H22ClN3O3. The average Bonchev–Trinajstić information content (AvgIpc) is 2.89. The van der Waals surface area contributed by atoms with Crippen LogP contribution in [0.25, 0.3) is 0 Å². The van der Waals surface area contributed by atoms with Gasteiger partial charge in [-0.15, -0.1) is 0 Å². The van der Waals surface area contributed by atoms with Gasteiger partial charge in [-0.05, 0) is 45.4 Å². The second-order valence-corrected chi connectivity index (χ2v) is 7.20. The zero-order valence-electron chi connectivity index (χ0n) is 14.1. The number of anilines is 1. The fourth-order valence-corrected chi connectivity index (χ4v) is 2.71. The van der Waals surface area contributed by atoms with E-state index in [4.69, 9.17) is 11.6 Å². The number of carbonyl (C=O) groups excluding carboxylic acids is 3. The van der Waals surface area contributed by atoms with E-state index < -0.39 is 0 Å². The summed E-state index contributed by atoms with van der Waals surface area (Å²) in [4.78, 5) is 37.5. The lowest BCUT2D eigenvalue weighted by Crippen LogP contribution is -2.45. The average molecular weight is 352 g/mol. The predicted molar refractivity (Wildman–Crippen MR) is 93.3 cm³/mol. The molecule has 1 fully saturated rings. The van der Waals surface area contributed by atoms with Crippen molar-refractivity contribution in [2.75, 3.05) is 18.0 Å². The molecule has 1 aliphatic heterocycles. The molecule has 0 aliphatic carbocycles. The van der Waals surface area contributed by atoms with E-state index in [2.05, 4.69) is 10.6 Å². The van der Waals surface area contributed by atoms with Gasteiger partial charge in [0.2, 0.25) is 11.8 Å². The van der Waals surface area contributed by atoms with Crippen molar-refractivity contribution < 1.29 is 14.4 Å². The summed E-state index contributed by atoms with van der Waals surface area (Å²) in [6.07, 6.45) is 1.26. The Kier molecular flexibility index (Phi) is 5.49. The zero-order chi connectivity index (χ0) is 17.9. The lowest BCUT2D eigenvalue weighted by molar-refractivity contribution is -0.121. The van der Waals surface area contributed by atoms with Crippen LogP contribution in [0.5, 0.6) is 0 Å². The Morgan fingerprint density at radius 1 is 1.29 bits per heavy atom. The quantitative estimate of drug-likeness (QED) is 0.872. The summed E-state index contributed by atoms with van der Waals surface area (Å²) in [5.74, 6) is -0.651. The molecule has 0 atom stereocenters. The van der Waals surface area contributed by atoms with Crippen molar-refractivity contribution in [1.29, 1.82) is 0 Å². The highest BCUT2D eigenvalue weighted by atomic mass is 35.5. The van der Waals surface area contributed by atoms with Gasteiger partial charge in [0.15, 0.2) is 0 Å². The van der Waals surface area contributed by atoms with E-state index >= 15 is 0 Å². The number of amides is 3. The Bertz CT molecular complexity index is 668. The smallest absolute Gasteiger partial charge is 0.251 e. The summed E-state index contributed by atoms with van der Waals surface area (Å²) < 4.78 is 0. The summed E-state index contributed by atoms with van der Waals surface area (Å²) in [5, 5.41) is 5.77. The molecule has 7 heteroatoms. The van der Waals surface area contributed by atoms with Crippen molar-refractivity contribution in [2.24, 2.45) is 0 Å². The highest BCUT2D eigenvalue weighted by Crippen LogP contribution is 2.30. The number of hydrogen-bond acceptors (Lipinski definition) is 3. The molecule has 2 N–H and O–H groups in total. The minimum absolute atomic E-state index is 0.000914. The van der Waals surface area contributed by atoms with Crippen LogP contribution < -0.4 is 15.5 Å². The highest BCUT2D eigenvalue weighted by molar-refractivity contribution is 6.34. The van der Waals surface area contributed by atoms with Crippen LogP contribution in [-0.4, -0.2) is 36.3 Å². The first-order valence-electron chi connectivity index (χ1n) is 7.86. The van der Waals surface area contributed by atoms with Gasteiger partial charge in [-0.1, -0.05) is 11.6 Å². The fourth-order valence-electron chi connectivity index (χ4n) is 2.49. The van der Waals surface area contributed by atoms with Gasteiger partial charge in [0.25, 0.3) is 5.91 Å². The molecule has 2 rings (SSSR count). The van der Waals surface area contributed by atoms with Crippen molar-refractivity contribution in [1.82, 2.24) is 10.6 Å². The number of carbonyl (C=O) groups is 3. The second kappa shape index (κ2) is 7.21. The number of benzene rings is 1. The van der Waals surface area contributed by atoms with Crippen molar-refractivity contribution in [2.45, 2.75) is 39.2 Å². The van der Waals surface area contributed by atoms with Crippen LogP contribution in [0.4, 0.5) is 5.69 Å². The normalized spacial score (nSPS) is 14.7. The fraction of sp³-hybridized carbons (Fsp3) is 0.471. The maximum Gasteiger partial charge on any atom is 0.251 e. The molecule has 0 spiro atoms. The van der Waals surface area contributed by atoms with Crippen LogP contribution in [0.3, 0.4) is 0 Å². The summed E-state index contributed by atoms with van der Waals surface area (Å²) in [5.41, 5.74) is 0.536. The lowest BCUT2D eigenvalue weighted by atomic mass is 10.1. The number of rotatable bonds is 4. The molecule has 0 radical (unpaired) electrons. The highest BCUT2D eigenvalue weighted by Gasteiger charge is 2.24. The maximum atomic E-state index is 12.2. The second-order valence-electron chi connectivity index (χ2n) is 6.80. The minimum atomic E-state index is -0.386. The molecule has 1 aromatic rings. The van der Waals surface area contributed by atoms with Gasteiger partial charge >= 0.3 is 0 Å². The monoisotopic (exact) mass is 351 g/mol. The van der Waals surface area contributed by atoms with Gasteiger partial charge in [0.05, 0.1) is 17.3 Å². The standard InChI is InChI=1S/C17H22ClN3O3/c1-17(2,3)20-14(22)10-19-16(24)11-6-7-12(18)13(9-11)21-8-4-5-15(21)23/h6-7,9H,4-5,8,10H2,1-3H3,(H,19,24)(H,20,22). The van der Waals surface area contributed by atoms with E-state index in [1.54, 1.807) is 23.1 Å². The van der Waals surface area contributed by atoms with Crippen molar-refractivity contribution in [3.63, 3.8) is 0 Å². The van der Waals surface area contributed by atoms with Crippen molar-refractivity contribution in [3.8, 4) is 0 Å². The van der Waals surface area contributed by atoms with Crippen molar-refractivity contribution >= 4 is 35.0 Å². The largest absolute Gasteiger partial charge is 0.350 e.